The van der Waals surface area contributed by atoms with E-state index in [4.69, 9.17) is 0 Å². The lowest BCUT2D eigenvalue weighted by atomic mass is 9.70. The van der Waals surface area contributed by atoms with Gasteiger partial charge in [-0.05, 0) is 30.4 Å². The maximum absolute atomic E-state index is 14.1. The highest BCUT2D eigenvalue weighted by Crippen LogP contribution is 2.62. The Morgan fingerprint density at radius 2 is 1.44 bits per heavy atom. The third-order valence-electron chi connectivity index (χ3n) is 7.21. The Bertz CT molecular complexity index is 1210. The van der Waals surface area contributed by atoms with Crippen molar-refractivity contribution in [1.29, 1.82) is 0 Å². The van der Waals surface area contributed by atoms with Crippen LogP contribution in [0, 0.1) is 16.7 Å². The topological polar surface area (TPSA) is 87.6 Å². The molecular formula is C20H20F9N3O3S. The van der Waals surface area contributed by atoms with Crippen molar-refractivity contribution in [1.82, 2.24) is 0 Å². The lowest BCUT2D eigenvalue weighted by Gasteiger charge is -2.33. The zero-order valence-corrected chi connectivity index (χ0v) is 19.6. The first-order valence-electron chi connectivity index (χ1n) is 10.3. The minimum Gasteiger partial charge on any atom is -0.292 e. The predicted octanol–water partition coefficient (Wildman–Crippen LogP) is 5.65. The van der Waals surface area contributed by atoms with Crippen LogP contribution in [0.4, 0.5) is 50.9 Å². The molecule has 3 rings (SSSR count). The third-order valence-corrected chi connectivity index (χ3v) is 8.63. The number of benzene rings is 1. The van der Waals surface area contributed by atoms with Crippen LogP contribution >= 0.6 is 0 Å². The van der Waals surface area contributed by atoms with Gasteiger partial charge < -0.3 is 0 Å². The molecule has 1 aromatic carbocycles. The molecule has 16 heteroatoms. The first kappa shape index (κ1) is 28.1. The highest BCUT2D eigenvalue weighted by Gasteiger charge is 2.85. The van der Waals surface area contributed by atoms with Gasteiger partial charge in [0.15, 0.2) is 5.78 Å². The van der Waals surface area contributed by atoms with Crippen molar-refractivity contribution in [3.05, 3.63) is 24.3 Å². The molecule has 0 saturated heterocycles. The zero-order chi connectivity index (χ0) is 27.8. The molecule has 2 bridgehead atoms. The summed E-state index contributed by atoms with van der Waals surface area (Å²) < 4.78 is 144. The number of Topliss-reactive ketones (excluding diaryl/α,β-unsaturated/α-hetero) is 1. The Morgan fingerprint density at radius 3 is 1.92 bits per heavy atom. The first-order chi connectivity index (χ1) is 16.1. The molecule has 2 unspecified atom stereocenters. The number of ketones is 1. The smallest absolute Gasteiger partial charge is 0.292 e. The van der Waals surface area contributed by atoms with E-state index in [2.05, 4.69) is 10.5 Å². The Hall–Kier alpha value is -2.52. The van der Waals surface area contributed by atoms with E-state index in [9.17, 15) is 52.7 Å². The van der Waals surface area contributed by atoms with Gasteiger partial charge in [-0.15, -0.1) is 0 Å². The quantitative estimate of drug-likeness (QED) is 0.338. The molecule has 0 aliphatic heterocycles. The molecule has 2 fully saturated rings. The van der Waals surface area contributed by atoms with Gasteiger partial charge in [-0.1, -0.05) is 32.9 Å². The van der Waals surface area contributed by atoms with E-state index in [1.807, 2.05) is 13.8 Å². The summed E-state index contributed by atoms with van der Waals surface area (Å²) in [5.41, 5.74) is -0.260. The van der Waals surface area contributed by atoms with E-state index < -0.39 is 55.5 Å². The van der Waals surface area contributed by atoms with E-state index in [0.29, 0.717) is 12.8 Å². The number of hydrogen-bond acceptors (Lipinski definition) is 5. The maximum Gasteiger partial charge on any atom is 0.460 e. The van der Waals surface area contributed by atoms with Gasteiger partial charge in [0.25, 0.3) is 0 Å². The second-order valence-corrected chi connectivity index (χ2v) is 11.1. The SMILES string of the molecule is CC12CCC(/C(=N/Nc3ccccc3NS(=O)(=O)C(F)(F)C(F)(F)C(F)(F)C(F)(F)F)C1=O)C2(C)C. The standard InChI is InChI=1S/C20H20F9N3O3S/c1-15(2)10-8-9-16(15,3)14(33)13(10)31-30-11-6-4-5-7-12(11)32-36(34,35)20(28,29)18(23,24)17(21,22)19(25,26)27/h4-7,10,30,32H,8-9H2,1-3H3/b31-13-. The predicted molar refractivity (Wildman–Crippen MR) is 111 cm³/mol. The van der Waals surface area contributed by atoms with Crippen LogP contribution in [0.2, 0.25) is 0 Å². The summed E-state index contributed by atoms with van der Waals surface area (Å²) in [5, 5.41) is -2.96. The summed E-state index contributed by atoms with van der Waals surface area (Å²) in [6.45, 7) is 5.46. The molecule has 1 aromatic rings. The largest absolute Gasteiger partial charge is 0.460 e. The zero-order valence-electron chi connectivity index (χ0n) is 18.8. The van der Waals surface area contributed by atoms with Crippen molar-refractivity contribution in [2.75, 3.05) is 10.1 Å². The Kier molecular flexibility index (Phi) is 6.23. The van der Waals surface area contributed by atoms with Crippen molar-refractivity contribution >= 4 is 32.9 Å². The molecule has 2 N–H and O–H groups in total. The highest BCUT2D eigenvalue weighted by atomic mass is 32.2. The van der Waals surface area contributed by atoms with Crippen molar-refractivity contribution in [2.45, 2.75) is 56.9 Å². The molecule has 0 aromatic heterocycles. The molecule has 0 radical (unpaired) electrons. The summed E-state index contributed by atoms with van der Waals surface area (Å²) in [6.07, 6.45) is -5.99. The summed E-state index contributed by atoms with van der Waals surface area (Å²) in [7, 11) is -6.89. The molecule has 2 atom stereocenters. The summed E-state index contributed by atoms with van der Waals surface area (Å²) >= 11 is 0. The average molecular weight is 553 g/mol. The molecule has 2 aliphatic rings. The number of halogens is 9. The van der Waals surface area contributed by atoms with E-state index in [0.717, 1.165) is 22.9 Å². The van der Waals surface area contributed by atoms with Crippen LogP contribution in [0.5, 0.6) is 0 Å². The van der Waals surface area contributed by atoms with Crippen LogP contribution in [0.25, 0.3) is 0 Å². The normalized spacial score (nSPS) is 25.9. The minimum absolute atomic E-state index is 0.0769. The Balaban J connectivity index is 1.93. The fourth-order valence-electron chi connectivity index (χ4n) is 4.48. The van der Waals surface area contributed by atoms with Gasteiger partial charge in [-0.3, -0.25) is 14.9 Å². The monoisotopic (exact) mass is 553 g/mol. The van der Waals surface area contributed by atoms with Gasteiger partial charge in [-0.2, -0.15) is 53.0 Å². The molecule has 2 saturated carbocycles. The van der Waals surface area contributed by atoms with Crippen molar-refractivity contribution in [3.8, 4) is 0 Å². The first-order valence-corrected chi connectivity index (χ1v) is 11.7. The summed E-state index contributed by atoms with van der Waals surface area (Å²) in [4.78, 5) is 12.8. The molecule has 202 valence electrons. The number of nitrogens with zero attached hydrogens (tertiary/aromatic N) is 1. The number of hydrazone groups is 1. The number of rotatable bonds is 7. The van der Waals surface area contributed by atoms with Crippen LogP contribution in [-0.2, 0) is 14.8 Å². The number of sulfonamides is 1. The van der Waals surface area contributed by atoms with Crippen LogP contribution in [0.15, 0.2) is 29.4 Å². The van der Waals surface area contributed by atoms with E-state index in [-0.39, 0.29) is 17.4 Å². The fourth-order valence-corrected chi connectivity index (χ4v) is 5.54. The molecule has 36 heavy (non-hydrogen) atoms. The number of carbonyl (C=O) groups is 1. The van der Waals surface area contributed by atoms with Gasteiger partial charge in [0.1, 0.15) is 5.71 Å². The van der Waals surface area contributed by atoms with E-state index in [1.54, 1.807) is 6.92 Å². The lowest BCUT2D eigenvalue weighted by molar-refractivity contribution is -0.382. The van der Waals surface area contributed by atoms with E-state index >= 15 is 0 Å². The van der Waals surface area contributed by atoms with Gasteiger partial charge in [0.2, 0.25) is 0 Å². The molecule has 0 spiro atoms. The Morgan fingerprint density at radius 1 is 0.917 bits per heavy atom. The summed E-state index contributed by atoms with van der Waals surface area (Å²) in [5.74, 6) is -15.4. The number of para-hydroxylation sites is 2. The van der Waals surface area contributed by atoms with Crippen LogP contribution in [0.1, 0.15) is 33.6 Å². The van der Waals surface area contributed by atoms with Crippen molar-refractivity contribution in [3.63, 3.8) is 0 Å². The second-order valence-electron chi connectivity index (χ2n) is 9.40. The van der Waals surface area contributed by atoms with Gasteiger partial charge >= 0.3 is 33.3 Å². The van der Waals surface area contributed by atoms with Crippen molar-refractivity contribution < 1.29 is 52.7 Å². The molecule has 0 amide bonds. The van der Waals surface area contributed by atoms with E-state index in [1.165, 1.54) is 6.07 Å². The van der Waals surface area contributed by atoms with Crippen LogP contribution in [-0.4, -0.2) is 43.2 Å². The number of nitrogens with one attached hydrogen (secondary N) is 2. The Labute approximate surface area is 199 Å². The number of hydrogen-bond donors (Lipinski definition) is 2. The molecule has 2 aliphatic carbocycles. The van der Waals surface area contributed by atoms with Gasteiger partial charge in [0.05, 0.1) is 11.4 Å². The van der Waals surface area contributed by atoms with Crippen molar-refractivity contribution in [2.24, 2.45) is 21.8 Å². The molecule has 6 nitrogen and oxygen atoms in total. The number of anilines is 2. The second kappa shape index (κ2) is 7.99. The number of fused-ring (bicyclic) bond motifs is 2. The van der Waals surface area contributed by atoms with Crippen LogP contribution < -0.4 is 10.1 Å². The minimum atomic E-state index is -7.38. The average Bonchev–Trinajstić information content (AvgIpc) is 3.04. The third kappa shape index (κ3) is 3.65. The highest BCUT2D eigenvalue weighted by molar-refractivity contribution is 7.93. The lowest BCUT2D eigenvalue weighted by Crippen LogP contribution is -2.64. The fraction of sp³-hybridized carbons (Fsp3) is 0.600. The van der Waals surface area contributed by atoms with Gasteiger partial charge in [-0.25, -0.2) is 0 Å². The van der Waals surface area contributed by atoms with Gasteiger partial charge in [0, 0.05) is 11.3 Å². The molecular weight excluding hydrogens is 533 g/mol. The maximum atomic E-state index is 14.1. The number of alkyl halides is 9. The summed E-state index contributed by atoms with van der Waals surface area (Å²) in [6, 6.07) is 4.01. The van der Waals surface area contributed by atoms with Crippen LogP contribution in [0.3, 0.4) is 0 Å². The molecule has 0 heterocycles. The number of carbonyl (C=O) groups excluding carboxylic acids is 1.